The van der Waals surface area contributed by atoms with Crippen LogP contribution in [-0.4, -0.2) is 38.3 Å². The number of nitrogens with one attached hydrogen (secondary N) is 2. The number of amides is 2. The fourth-order valence-corrected chi connectivity index (χ4v) is 3.13. The van der Waals surface area contributed by atoms with E-state index in [4.69, 9.17) is 9.47 Å². The summed E-state index contributed by atoms with van der Waals surface area (Å²) < 4.78 is 10.4. The molecular formula is C20H29N3O4. The maximum absolute atomic E-state index is 11.9. The summed E-state index contributed by atoms with van der Waals surface area (Å²) in [6.45, 7) is 0. The van der Waals surface area contributed by atoms with Gasteiger partial charge in [0.05, 0.1) is 20.4 Å². The Morgan fingerprint density at radius 3 is 2.56 bits per heavy atom. The van der Waals surface area contributed by atoms with Crippen LogP contribution in [0.1, 0.15) is 56.9 Å². The van der Waals surface area contributed by atoms with Crippen molar-refractivity contribution in [2.75, 3.05) is 14.2 Å². The minimum atomic E-state index is -0.224. The molecule has 1 fully saturated rings. The van der Waals surface area contributed by atoms with E-state index < -0.39 is 0 Å². The van der Waals surface area contributed by atoms with Gasteiger partial charge >= 0.3 is 0 Å². The van der Waals surface area contributed by atoms with E-state index in [9.17, 15) is 9.59 Å². The van der Waals surface area contributed by atoms with Crippen molar-refractivity contribution in [3.05, 3.63) is 23.8 Å². The third-order valence-electron chi connectivity index (χ3n) is 4.61. The molecule has 1 aliphatic carbocycles. The third-order valence-corrected chi connectivity index (χ3v) is 4.61. The lowest BCUT2D eigenvalue weighted by Gasteiger charge is -2.22. The number of hydrogen-bond donors (Lipinski definition) is 2. The molecule has 27 heavy (non-hydrogen) atoms. The fraction of sp³-hybridized carbons (Fsp3) is 0.550. The number of carbonyl (C=O) groups excluding carboxylic acids is 2. The van der Waals surface area contributed by atoms with E-state index >= 15 is 0 Å². The van der Waals surface area contributed by atoms with E-state index in [1.54, 1.807) is 32.4 Å². The second-order valence-electron chi connectivity index (χ2n) is 6.66. The maximum atomic E-state index is 11.9. The van der Waals surface area contributed by atoms with Gasteiger partial charge in [0.2, 0.25) is 11.8 Å². The Bertz CT molecular complexity index is 655. The summed E-state index contributed by atoms with van der Waals surface area (Å²) in [4.78, 5) is 23.8. The molecule has 1 aromatic carbocycles. The van der Waals surface area contributed by atoms with Crippen molar-refractivity contribution in [2.45, 2.75) is 57.4 Å². The highest BCUT2D eigenvalue weighted by atomic mass is 16.5. The maximum Gasteiger partial charge on any atom is 0.240 e. The van der Waals surface area contributed by atoms with Gasteiger partial charge in [-0.3, -0.25) is 9.59 Å². The van der Waals surface area contributed by atoms with Crippen LogP contribution in [-0.2, 0) is 9.59 Å². The molecule has 1 aromatic rings. The van der Waals surface area contributed by atoms with Crippen LogP contribution in [0.3, 0.4) is 0 Å². The van der Waals surface area contributed by atoms with Crippen LogP contribution in [0.25, 0.3) is 0 Å². The molecule has 2 rings (SSSR count). The Kier molecular flexibility index (Phi) is 8.61. The first-order valence-corrected chi connectivity index (χ1v) is 9.45. The molecule has 0 radical (unpaired) electrons. The first-order chi connectivity index (χ1) is 13.1. The van der Waals surface area contributed by atoms with E-state index in [1.165, 1.54) is 25.5 Å². The van der Waals surface area contributed by atoms with Crippen molar-refractivity contribution in [2.24, 2.45) is 5.10 Å². The van der Waals surface area contributed by atoms with E-state index in [0.29, 0.717) is 35.9 Å². The van der Waals surface area contributed by atoms with Crippen LogP contribution in [0.2, 0.25) is 0 Å². The smallest absolute Gasteiger partial charge is 0.240 e. The SMILES string of the molecule is COc1ccc(OC)c(/C=N/NC(=O)CCCC(=O)NC2CCCCC2)c1. The highest BCUT2D eigenvalue weighted by Gasteiger charge is 2.15. The second kappa shape index (κ2) is 11.2. The summed E-state index contributed by atoms with van der Waals surface area (Å²) in [5.74, 6) is 1.11. The fourth-order valence-electron chi connectivity index (χ4n) is 3.13. The number of benzene rings is 1. The number of nitrogens with zero attached hydrogens (tertiary/aromatic N) is 1. The molecule has 0 spiro atoms. The first kappa shape index (κ1) is 20.7. The summed E-state index contributed by atoms with van der Waals surface area (Å²) in [6, 6.07) is 5.63. The Hall–Kier alpha value is -2.57. The number of carbonyl (C=O) groups is 2. The molecule has 148 valence electrons. The van der Waals surface area contributed by atoms with Crippen LogP contribution in [0.15, 0.2) is 23.3 Å². The van der Waals surface area contributed by atoms with Gasteiger partial charge in [-0.25, -0.2) is 5.43 Å². The zero-order valence-corrected chi connectivity index (χ0v) is 16.1. The molecule has 0 atom stereocenters. The molecule has 0 saturated heterocycles. The topological polar surface area (TPSA) is 89.0 Å². The van der Waals surface area contributed by atoms with Gasteiger partial charge in [0.25, 0.3) is 0 Å². The van der Waals surface area contributed by atoms with Gasteiger partial charge in [0.15, 0.2) is 0 Å². The summed E-state index contributed by atoms with van der Waals surface area (Å²) in [6.07, 6.45) is 8.38. The van der Waals surface area contributed by atoms with Crippen LogP contribution in [0.4, 0.5) is 0 Å². The van der Waals surface area contributed by atoms with Crippen molar-refractivity contribution in [3.63, 3.8) is 0 Å². The Labute approximate surface area is 160 Å². The molecule has 0 heterocycles. The van der Waals surface area contributed by atoms with Crippen LogP contribution in [0, 0.1) is 0 Å². The van der Waals surface area contributed by atoms with Gasteiger partial charge in [-0.15, -0.1) is 0 Å². The normalized spacial score (nSPS) is 14.7. The summed E-state index contributed by atoms with van der Waals surface area (Å²) in [5.41, 5.74) is 3.18. The van der Waals surface area contributed by atoms with Gasteiger partial charge in [-0.2, -0.15) is 5.10 Å². The minimum Gasteiger partial charge on any atom is -0.497 e. The molecule has 7 nitrogen and oxygen atoms in total. The molecule has 0 aromatic heterocycles. The van der Waals surface area contributed by atoms with Crippen LogP contribution < -0.4 is 20.2 Å². The Balaban J connectivity index is 1.69. The lowest BCUT2D eigenvalue weighted by Crippen LogP contribution is -2.36. The average Bonchev–Trinajstić information content (AvgIpc) is 2.68. The Morgan fingerprint density at radius 1 is 1.11 bits per heavy atom. The molecule has 2 amide bonds. The van der Waals surface area contributed by atoms with E-state index in [-0.39, 0.29) is 18.2 Å². The average molecular weight is 375 g/mol. The first-order valence-electron chi connectivity index (χ1n) is 9.45. The summed E-state index contributed by atoms with van der Waals surface area (Å²) >= 11 is 0. The van der Waals surface area contributed by atoms with Crippen molar-refractivity contribution < 1.29 is 19.1 Å². The summed E-state index contributed by atoms with van der Waals surface area (Å²) in [7, 11) is 3.14. The predicted octanol–water partition coefficient (Wildman–Crippen LogP) is 2.77. The molecule has 0 aliphatic heterocycles. The molecule has 0 bridgehead atoms. The van der Waals surface area contributed by atoms with Gasteiger partial charge in [-0.05, 0) is 37.5 Å². The van der Waals surface area contributed by atoms with Crippen LogP contribution in [0.5, 0.6) is 11.5 Å². The number of ether oxygens (including phenoxy) is 2. The van der Waals surface area contributed by atoms with Gasteiger partial charge in [0.1, 0.15) is 11.5 Å². The zero-order chi connectivity index (χ0) is 19.5. The molecule has 1 aliphatic rings. The predicted molar refractivity (Wildman–Crippen MR) is 104 cm³/mol. The molecular weight excluding hydrogens is 346 g/mol. The molecule has 0 unspecified atom stereocenters. The van der Waals surface area contributed by atoms with Gasteiger partial charge < -0.3 is 14.8 Å². The van der Waals surface area contributed by atoms with Crippen molar-refractivity contribution in [1.82, 2.24) is 10.7 Å². The second-order valence-corrected chi connectivity index (χ2v) is 6.66. The minimum absolute atomic E-state index is 0.0271. The lowest BCUT2D eigenvalue weighted by atomic mass is 9.95. The van der Waals surface area contributed by atoms with E-state index in [1.807, 2.05) is 0 Å². The lowest BCUT2D eigenvalue weighted by molar-refractivity contribution is -0.123. The van der Waals surface area contributed by atoms with Gasteiger partial charge in [-0.1, -0.05) is 19.3 Å². The van der Waals surface area contributed by atoms with Crippen LogP contribution >= 0.6 is 0 Å². The number of rotatable bonds is 9. The van der Waals surface area contributed by atoms with Crippen molar-refractivity contribution in [1.29, 1.82) is 0 Å². The Morgan fingerprint density at radius 2 is 1.85 bits per heavy atom. The number of hydrogen-bond acceptors (Lipinski definition) is 5. The summed E-state index contributed by atoms with van der Waals surface area (Å²) in [5, 5.41) is 7.01. The third kappa shape index (κ3) is 7.29. The highest BCUT2D eigenvalue weighted by molar-refractivity contribution is 5.86. The van der Waals surface area contributed by atoms with Crippen molar-refractivity contribution in [3.8, 4) is 11.5 Å². The van der Waals surface area contributed by atoms with Gasteiger partial charge in [0, 0.05) is 24.4 Å². The van der Waals surface area contributed by atoms with Crippen molar-refractivity contribution >= 4 is 18.0 Å². The van der Waals surface area contributed by atoms with E-state index in [2.05, 4.69) is 15.8 Å². The van der Waals surface area contributed by atoms with E-state index in [0.717, 1.165) is 12.8 Å². The highest BCUT2D eigenvalue weighted by Crippen LogP contribution is 2.22. The zero-order valence-electron chi connectivity index (χ0n) is 16.1. The number of methoxy groups -OCH3 is 2. The number of hydrazone groups is 1. The monoisotopic (exact) mass is 375 g/mol. The molecule has 1 saturated carbocycles. The standard InChI is InChI=1S/C20H29N3O4/c1-26-17-11-12-18(27-2)15(13-17)14-21-23-20(25)10-6-9-19(24)22-16-7-4-3-5-8-16/h11-14,16H,3-10H2,1-2H3,(H,22,24)(H,23,25)/b21-14+. The largest absolute Gasteiger partial charge is 0.497 e. The quantitative estimate of drug-likeness (QED) is 0.513. The molecule has 2 N–H and O–H groups in total. The molecule has 7 heteroatoms.